The zero-order chi connectivity index (χ0) is 12.4. The largest absolute Gasteiger partial charge is 0.490 e. The van der Waals surface area contributed by atoms with Gasteiger partial charge in [0.05, 0.1) is 0 Å². The van der Waals surface area contributed by atoms with Gasteiger partial charge in [0.15, 0.2) is 0 Å². The molecular weight excluding hydrogens is 226 g/mol. The molecule has 3 nitrogen and oxygen atoms in total. The molecule has 0 aromatic heterocycles. The third-order valence-corrected chi connectivity index (χ3v) is 3.73. The van der Waals surface area contributed by atoms with E-state index in [1.54, 1.807) is 0 Å². The van der Waals surface area contributed by atoms with Crippen LogP contribution in [-0.2, 0) is 4.79 Å². The molecule has 96 valence electrons. The first-order valence-corrected chi connectivity index (χ1v) is 6.83. The number of nitrogens with zero attached hydrogens (tertiary/aromatic N) is 1. The second kappa shape index (κ2) is 5.01. The number of hydrogen-bond acceptors (Lipinski definition) is 2. The minimum Gasteiger partial charge on any atom is -0.490 e. The first-order valence-electron chi connectivity index (χ1n) is 6.83. The van der Waals surface area contributed by atoms with Gasteiger partial charge in [-0.15, -0.1) is 0 Å². The monoisotopic (exact) mass is 245 g/mol. The second-order valence-corrected chi connectivity index (χ2v) is 5.23. The summed E-state index contributed by atoms with van der Waals surface area (Å²) in [5.41, 5.74) is 0. The number of ether oxygens (including phenoxy) is 1. The molecular formula is C15H19NO2. The molecule has 1 saturated carbocycles. The van der Waals surface area contributed by atoms with E-state index in [-0.39, 0.29) is 6.10 Å². The summed E-state index contributed by atoms with van der Waals surface area (Å²) < 4.78 is 5.92. The van der Waals surface area contributed by atoms with Crippen LogP contribution in [0.3, 0.4) is 0 Å². The number of piperidine rings is 1. The molecule has 1 aromatic rings. The molecule has 1 aliphatic heterocycles. The molecule has 0 atom stereocenters. The highest BCUT2D eigenvalue weighted by Gasteiger charge is 2.35. The SMILES string of the molecule is O=C(C1CC1)N1CCC(Oc2ccccc2)CC1. The third-order valence-electron chi connectivity index (χ3n) is 3.73. The van der Waals surface area contributed by atoms with Gasteiger partial charge in [-0.2, -0.15) is 0 Å². The standard InChI is InChI=1S/C15H19NO2/c17-15(12-6-7-12)16-10-8-14(9-11-16)18-13-4-2-1-3-5-13/h1-5,12,14H,6-11H2. The minimum atomic E-state index is 0.260. The number of para-hydroxylation sites is 1. The van der Waals surface area contributed by atoms with Crippen molar-refractivity contribution < 1.29 is 9.53 Å². The van der Waals surface area contributed by atoms with E-state index in [1.165, 1.54) is 0 Å². The van der Waals surface area contributed by atoms with Crippen molar-refractivity contribution in [2.45, 2.75) is 31.8 Å². The second-order valence-electron chi connectivity index (χ2n) is 5.23. The summed E-state index contributed by atoms with van der Waals surface area (Å²) in [7, 11) is 0. The molecule has 2 aliphatic rings. The lowest BCUT2D eigenvalue weighted by atomic mass is 10.1. The topological polar surface area (TPSA) is 29.5 Å². The van der Waals surface area contributed by atoms with Gasteiger partial charge < -0.3 is 9.64 Å². The van der Waals surface area contributed by atoms with Crippen LogP contribution in [-0.4, -0.2) is 30.0 Å². The molecule has 3 heteroatoms. The van der Waals surface area contributed by atoms with Crippen LogP contribution in [0.25, 0.3) is 0 Å². The fraction of sp³-hybridized carbons (Fsp3) is 0.533. The predicted octanol–water partition coefficient (Wildman–Crippen LogP) is 2.47. The molecule has 1 aromatic carbocycles. The van der Waals surface area contributed by atoms with Crippen LogP contribution in [0.15, 0.2) is 30.3 Å². The normalized spacial score (nSPS) is 20.8. The zero-order valence-electron chi connectivity index (χ0n) is 10.5. The number of hydrogen-bond donors (Lipinski definition) is 0. The van der Waals surface area contributed by atoms with E-state index in [9.17, 15) is 4.79 Å². The average Bonchev–Trinajstić information content (AvgIpc) is 3.24. The number of likely N-dealkylation sites (tertiary alicyclic amines) is 1. The number of carbonyl (C=O) groups is 1. The van der Waals surface area contributed by atoms with Gasteiger partial charge >= 0.3 is 0 Å². The van der Waals surface area contributed by atoms with E-state index in [2.05, 4.69) is 0 Å². The van der Waals surface area contributed by atoms with Gasteiger partial charge in [0.25, 0.3) is 0 Å². The van der Waals surface area contributed by atoms with Gasteiger partial charge in [-0.05, 0) is 25.0 Å². The maximum absolute atomic E-state index is 11.9. The van der Waals surface area contributed by atoms with Crippen molar-refractivity contribution in [3.8, 4) is 5.75 Å². The molecule has 1 heterocycles. The quantitative estimate of drug-likeness (QED) is 0.818. The van der Waals surface area contributed by atoms with Crippen molar-refractivity contribution in [1.82, 2.24) is 4.90 Å². The lowest BCUT2D eigenvalue weighted by molar-refractivity contribution is -0.134. The van der Waals surface area contributed by atoms with Crippen LogP contribution >= 0.6 is 0 Å². The van der Waals surface area contributed by atoms with Gasteiger partial charge in [0, 0.05) is 31.8 Å². The first kappa shape index (κ1) is 11.6. The Balaban J connectivity index is 1.49. The molecule has 0 spiro atoms. The number of rotatable bonds is 3. The molecule has 0 N–H and O–H groups in total. The van der Waals surface area contributed by atoms with E-state index >= 15 is 0 Å². The van der Waals surface area contributed by atoms with Gasteiger partial charge in [0.2, 0.25) is 5.91 Å². The Kier molecular flexibility index (Phi) is 3.22. The Bertz CT molecular complexity index is 406. The number of carbonyl (C=O) groups excluding carboxylic acids is 1. The van der Waals surface area contributed by atoms with Crippen molar-refractivity contribution in [1.29, 1.82) is 0 Å². The number of benzene rings is 1. The van der Waals surface area contributed by atoms with Crippen LogP contribution < -0.4 is 4.74 Å². The summed E-state index contributed by atoms with van der Waals surface area (Å²) >= 11 is 0. The zero-order valence-corrected chi connectivity index (χ0v) is 10.5. The molecule has 3 rings (SSSR count). The maximum Gasteiger partial charge on any atom is 0.225 e. The van der Waals surface area contributed by atoms with Crippen LogP contribution in [0.1, 0.15) is 25.7 Å². The van der Waals surface area contributed by atoms with Crippen LogP contribution in [0.5, 0.6) is 5.75 Å². The van der Waals surface area contributed by atoms with E-state index < -0.39 is 0 Å². The average molecular weight is 245 g/mol. The molecule has 0 bridgehead atoms. The van der Waals surface area contributed by atoms with Gasteiger partial charge in [0.1, 0.15) is 11.9 Å². The van der Waals surface area contributed by atoms with E-state index in [4.69, 9.17) is 4.74 Å². The summed E-state index contributed by atoms with van der Waals surface area (Å²) in [6.45, 7) is 1.71. The molecule has 1 saturated heterocycles. The molecule has 0 radical (unpaired) electrons. The van der Waals surface area contributed by atoms with Crippen LogP contribution in [0.4, 0.5) is 0 Å². The maximum atomic E-state index is 11.9. The smallest absolute Gasteiger partial charge is 0.225 e. The van der Waals surface area contributed by atoms with Gasteiger partial charge in [-0.3, -0.25) is 4.79 Å². The Hall–Kier alpha value is -1.51. The number of amides is 1. The Morgan fingerprint density at radius 2 is 1.72 bits per heavy atom. The van der Waals surface area contributed by atoms with Crippen LogP contribution in [0.2, 0.25) is 0 Å². The summed E-state index contributed by atoms with van der Waals surface area (Å²) in [5.74, 6) is 1.65. The summed E-state index contributed by atoms with van der Waals surface area (Å²) in [5, 5.41) is 0. The first-order chi connectivity index (χ1) is 8.83. The molecule has 1 aliphatic carbocycles. The highest BCUT2D eigenvalue weighted by Crippen LogP contribution is 2.32. The fourth-order valence-corrected chi connectivity index (χ4v) is 2.47. The van der Waals surface area contributed by atoms with Crippen molar-refractivity contribution in [3.05, 3.63) is 30.3 Å². The fourth-order valence-electron chi connectivity index (χ4n) is 2.47. The van der Waals surface area contributed by atoms with E-state index in [1.807, 2.05) is 35.2 Å². The highest BCUT2D eigenvalue weighted by atomic mass is 16.5. The van der Waals surface area contributed by atoms with E-state index in [0.29, 0.717) is 11.8 Å². The van der Waals surface area contributed by atoms with Crippen molar-refractivity contribution in [3.63, 3.8) is 0 Å². The van der Waals surface area contributed by atoms with Crippen LogP contribution in [0, 0.1) is 5.92 Å². The Morgan fingerprint density at radius 3 is 2.33 bits per heavy atom. The van der Waals surface area contributed by atoms with Crippen molar-refractivity contribution >= 4 is 5.91 Å². The molecule has 0 unspecified atom stereocenters. The lowest BCUT2D eigenvalue weighted by Crippen LogP contribution is -2.42. The Morgan fingerprint density at radius 1 is 1.06 bits per heavy atom. The predicted molar refractivity (Wildman–Crippen MR) is 69.4 cm³/mol. The van der Waals surface area contributed by atoms with Gasteiger partial charge in [-0.25, -0.2) is 0 Å². The highest BCUT2D eigenvalue weighted by molar-refractivity contribution is 5.81. The molecule has 1 amide bonds. The van der Waals surface area contributed by atoms with Crippen molar-refractivity contribution in [2.24, 2.45) is 5.92 Å². The van der Waals surface area contributed by atoms with Gasteiger partial charge in [-0.1, -0.05) is 18.2 Å². The minimum absolute atomic E-state index is 0.260. The molecule has 18 heavy (non-hydrogen) atoms. The molecule has 2 fully saturated rings. The lowest BCUT2D eigenvalue weighted by Gasteiger charge is -2.32. The summed E-state index contributed by atoms with van der Waals surface area (Å²) in [6, 6.07) is 9.94. The Labute approximate surface area is 108 Å². The van der Waals surface area contributed by atoms with Crippen molar-refractivity contribution in [2.75, 3.05) is 13.1 Å². The third kappa shape index (κ3) is 2.66. The summed E-state index contributed by atoms with van der Waals surface area (Å²) in [6.07, 6.45) is 4.36. The van der Waals surface area contributed by atoms with E-state index in [0.717, 1.165) is 44.5 Å². The summed E-state index contributed by atoms with van der Waals surface area (Å²) in [4.78, 5) is 13.9.